The second-order valence-corrected chi connectivity index (χ2v) is 6.84. The number of nitrogens with one attached hydrogen (secondary N) is 2. The quantitative estimate of drug-likeness (QED) is 0.613. The molecule has 0 radical (unpaired) electrons. The van der Waals surface area contributed by atoms with Gasteiger partial charge >= 0.3 is 12.1 Å². The molecule has 1 aromatic carbocycles. The molecule has 1 amide bonds. The van der Waals surface area contributed by atoms with Gasteiger partial charge in [0.05, 0.1) is 18.3 Å². The van der Waals surface area contributed by atoms with Crippen molar-refractivity contribution < 1.29 is 24.5 Å². The van der Waals surface area contributed by atoms with Crippen molar-refractivity contribution in [2.75, 3.05) is 17.2 Å². The number of pyridine rings is 1. The van der Waals surface area contributed by atoms with Gasteiger partial charge in [-0.05, 0) is 26.3 Å². The maximum absolute atomic E-state index is 11.9. The molecule has 1 aromatic heterocycles. The minimum atomic E-state index is -1.18. The SMILES string of the molecule is CC(C)(C)OC(=O)Nc1cc(N[C@H](CO)c2ccccc2)c(C(=O)O)cn1. The van der Waals surface area contributed by atoms with Crippen molar-refractivity contribution in [2.45, 2.75) is 32.4 Å². The highest BCUT2D eigenvalue weighted by Crippen LogP contribution is 2.25. The van der Waals surface area contributed by atoms with Crippen molar-refractivity contribution in [1.82, 2.24) is 4.98 Å². The van der Waals surface area contributed by atoms with Gasteiger partial charge in [0, 0.05) is 12.3 Å². The smallest absolute Gasteiger partial charge is 0.413 e. The number of hydrogen-bond acceptors (Lipinski definition) is 6. The number of carbonyl (C=O) groups excluding carboxylic acids is 1. The second-order valence-electron chi connectivity index (χ2n) is 6.84. The first-order valence-corrected chi connectivity index (χ1v) is 8.35. The Morgan fingerprint density at radius 2 is 1.89 bits per heavy atom. The third-order valence-electron chi connectivity index (χ3n) is 3.48. The highest BCUT2D eigenvalue weighted by molar-refractivity contribution is 5.95. The van der Waals surface area contributed by atoms with Crippen molar-refractivity contribution in [3.63, 3.8) is 0 Å². The van der Waals surface area contributed by atoms with Crippen LogP contribution in [-0.2, 0) is 4.74 Å². The Bertz CT molecular complexity index is 803. The first-order valence-electron chi connectivity index (χ1n) is 8.35. The highest BCUT2D eigenvalue weighted by atomic mass is 16.6. The lowest BCUT2D eigenvalue weighted by Gasteiger charge is -2.21. The summed E-state index contributed by atoms with van der Waals surface area (Å²) in [5.41, 5.74) is 0.238. The molecule has 0 saturated carbocycles. The predicted octanol–water partition coefficient (Wildman–Crippen LogP) is 3.27. The molecule has 2 aromatic rings. The number of ether oxygens (including phenoxy) is 1. The zero-order chi connectivity index (χ0) is 20.0. The van der Waals surface area contributed by atoms with E-state index in [-0.39, 0.29) is 23.7 Å². The summed E-state index contributed by atoms with van der Waals surface area (Å²) in [5, 5.41) is 24.6. The zero-order valence-corrected chi connectivity index (χ0v) is 15.4. The van der Waals surface area contributed by atoms with Gasteiger partial charge in [-0.15, -0.1) is 0 Å². The van der Waals surface area contributed by atoms with Crippen molar-refractivity contribution in [3.05, 3.63) is 53.7 Å². The van der Waals surface area contributed by atoms with E-state index in [2.05, 4.69) is 15.6 Å². The average Bonchev–Trinajstić information content (AvgIpc) is 2.58. The standard InChI is InChI=1S/C19H23N3O5/c1-19(2,3)27-18(26)22-16-9-14(13(10-20-16)17(24)25)21-15(11-23)12-7-5-4-6-8-12/h4-10,15,23H,11H2,1-3H3,(H,24,25)(H2,20,21,22,26)/t15-/m1/s1. The molecule has 1 atom stereocenters. The number of aromatic nitrogens is 1. The van der Waals surface area contributed by atoms with E-state index >= 15 is 0 Å². The van der Waals surface area contributed by atoms with Crippen LogP contribution in [0, 0.1) is 0 Å². The summed E-state index contributed by atoms with van der Waals surface area (Å²) < 4.78 is 5.16. The molecule has 8 nitrogen and oxygen atoms in total. The number of carboxylic acids is 1. The molecule has 0 fully saturated rings. The minimum Gasteiger partial charge on any atom is -0.478 e. The number of aliphatic hydroxyl groups is 1. The molecule has 0 aliphatic carbocycles. The Labute approximate surface area is 157 Å². The van der Waals surface area contributed by atoms with Crippen LogP contribution in [0.2, 0.25) is 0 Å². The predicted molar refractivity (Wildman–Crippen MR) is 101 cm³/mol. The number of anilines is 2. The fourth-order valence-corrected chi connectivity index (χ4v) is 2.33. The van der Waals surface area contributed by atoms with Gasteiger partial charge in [0.25, 0.3) is 0 Å². The van der Waals surface area contributed by atoms with Crippen molar-refractivity contribution in [2.24, 2.45) is 0 Å². The molecule has 8 heteroatoms. The fraction of sp³-hybridized carbons (Fsp3) is 0.316. The third-order valence-corrected chi connectivity index (χ3v) is 3.48. The van der Waals surface area contributed by atoms with E-state index in [1.54, 1.807) is 20.8 Å². The summed E-state index contributed by atoms with van der Waals surface area (Å²) >= 11 is 0. The molecule has 2 rings (SSSR count). The molecule has 4 N–H and O–H groups in total. The first-order chi connectivity index (χ1) is 12.7. The van der Waals surface area contributed by atoms with E-state index in [4.69, 9.17) is 4.74 Å². The van der Waals surface area contributed by atoms with Crippen molar-refractivity contribution in [1.29, 1.82) is 0 Å². The number of rotatable bonds is 6. The summed E-state index contributed by atoms with van der Waals surface area (Å²) in [7, 11) is 0. The van der Waals surface area contributed by atoms with Crippen LogP contribution in [-0.4, -0.2) is 39.5 Å². The summed E-state index contributed by atoms with van der Waals surface area (Å²) in [5.74, 6) is -1.06. The molecule has 0 saturated heterocycles. The van der Waals surface area contributed by atoms with Crippen LogP contribution in [0.25, 0.3) is 0 Å². The first kappa shape index (κ1) is 20.2. The normalized spacial score (nSPS) is 12.1. The van der Waals surface area contributed by atoms with Crippen LogP contribution in [0.15, 0.2) is 42.6 Å². The summed E-state index contributed by atoms with van der Waals surface area (Å²) in [4.78, 5) is 27.3. The zero-order valence-electron chi connectivity index (χ0n) is 15.4. The molecular weight excluding hydrogens is 350 g/mol. The van der Waals surface area contributed by atoms with E-state index in [0.717, 1.165) is 11.8 Å². The van der Waals surface area contributed by atoms with Crippen LogP contribution < -0.4 is 10.6 Å². The Balaban J connectivity index is 2.27. The fourth-order valence-electron chi connectivity index (χ4n) is 2.33. The van der Waals surface area contributed by atoms with Gasteiger partial charge in [0.1, 0.15) is 17.0 Å². The molecule has 0 aliphatic heterocycles. The molecule has 0 bridgehead atoms. The number of aliphatic hydroxyl groups excluding tert-OH is 1. The van der Waals surface area contributed by atoms with Crippen LogP contribution in [0.3, 0.4) is 0 Å². The monoisotopic (exact) mass is 373 g/mol. The maximum atomic E-state index is 11.9. The van der Waals surface area contributed by atoms with Gasteiger partial charge < -0.3 is 20.3 Å². The van der Waals surface area contributed by atoms with Gasteiger partial charge in [-0.1, -0.05) is 30.3 Å². The number of nitrogens with zero attached hydrogens (tertiary/aromatic N) is 1. The van der Waals surface area contributed by atoms with Crippen molar-refractivity contribution >= 4 is 23.6 Å². The molecule has 27 heavy (non-hydrogen) atoms. The van der Waals surface area contributed by atoms with Crippen LogP contribution in [0.4, 0.5) is 16.3 Å². The van der Waals surface area contributed by atoms with E-state index in [0.29, 0.717) is 0 Å². The van der Waals surface area contributed by atoms with E-state index in [1.807, 2.05) is 30.3 Å². The van der Waals surface area contributed by atoms with Crippen LogP contribution >= 0.6 is 0 Å². The maximum Gasteiger partial charge on any atom is 0.413 e. The van der Waals surface area contributed by atoms with Gasteiger partial charge in [0.15, 0.2) is 0 Å². The average molecular weight is 373 g/mol. The largest absolute Gasteiger partial charge is 0.478 e. The van der Waals surface area contributed by atoms with E-state index < -0.39 is 23.7 Å². The summed E-state index contributed by atoms with van der Waals surface area (Å²) in [6, 6.07) is 9.97. The van der Waals surface area contributed by atoms with Gasteiger partial charge in [0.2, 0.25) is 0 Å². The molecular formula is C19H23N3O5. The Morgan fingerprint density at radius 3 is 2.44 bits per heavy atom. The summed E-state index contributed by atoms with van der Waals surface area (Å²) in [6.07, 6.45) is 0.433. The number of aromatic carboxylic acids is 1. The van der Waals surface area contributed by atoms with Gasteiger partial charge in [-0.3, -0.25) is 5.32 Å². The Morgan fingerprint density at radius 1 is 1.22 bits per heavy atom. The Kier molecular flexibility index (Phi) is 6.36. The van der Waals surface area contributed by atoms with Gasteiger partial charge in [-0.25, -0.2) is 14.6 Å². The van der Waals surface area contributed by atoms with Crippen LogP contribution in [0.5, 0.6) is 0 Å². The number of carboxylic acid groups (broad SMARTS) is 1. The van der Waals surface area contributed by atoms with Crippen molar-refractivity contribution in [3.8, 4) is 0 Å². The second kappa shape index (κ2) is 8.50. The lowest BCUT2D eigenvalue weighted by Crippen LogP contribution is -2.27. The summed E-state index contributed by atoms with van der Waals surface area (Å²) in [6.45, 7) is 4.94. The van der Waals surface area contributed by atoms with Crippen LogP contribution in [0.1, 0.15) is 42.7 Å². The topological polar surface area (TPSA) is 121 Å². The minimum absolute atomic E-state index is 0.0841. The third kappa shape index (κ3) is 5.96. The highest BCUT2D eigenvalue weighted by Gasteiger charge is 2.20. The lowest BCUT2D eigenvalue weighted by atomic mass is 10.1. The molecule has 0 spiro atoms. The lowest BCUT2D eigenvalue weighted by molar-refractivity contribution is 0.0634. The number of hydrogen-bond donors (Lipinski definition) is 4. The molecule has 144 valence electrons. The number of amides is 1. The molecule has 1 heterocycles. The Hall–Kier alpha value is -3.13. The molecule has 0 unspecified atom stereocenters. The number of benzene rings is 1. The number of carbonyl (C=O) groups is 2. The molecule has 0 aliphatic rings. The van der Waals surface area contributed by atoms with E-state index in [1.165, 1.54) is 6.07 Å². The van der Waals surface area contributed by atoms with E-state index in [9.17, 15) is 19.8 Å². The van der Waals surface area contributed by atoms with Gasteiger partial charge in [-0.2, -0.15) is 0 Å².